The summed E-state index contributed by atoms with van der Waals surface area (Å²) in [6, 6.07) is 6.06. The lowest BCUT2D eigenvalue weighted by Gasteiger charge is -2.20. The van der Waals surface area contributed by atoms with Crippen LogP contribution in [0, 0.1) is 5.92 Å². The van der Waals surface area contributed by atoms with Gasteiger partial charge in [0, 0.05) is 29.2 Å². The summed E-state index contributed by atoms with van der Waals surface area (Å²) in [5.41, 5.74) is 1.06. The van der Waals surface area contributed by atoms with Crippen molar-refractivity contribution in [3.8, 4) is 0 Å². The van der Waals surface area contributed by atoms with E-state index >= 15 is 0 Å². The molecule has 1 saturated heterocycles. The van der Waals surface area contributed by atoms with E-state index in [1.165, 1.54) is 12.8 Å². The molecule has 0 radical (unpaired) electrons. The molecule has 1 aromatic rings. The second-order valence-corrected chi connectivity index (χ2v) is 6.03. The van der Waals surface area contributed by atoms with Crippen LogP contribution in [0.3, 0.4) is 0 Å². The van der Waals surface area contributed by atoms with Gasteiger partial charge in [0.25, 0.3) is 0 Å². The minimum absolute atomic E-state index is 0.406. The van der Waals surface area contributed by atoms with E-state index in [1.54, 1.807) is 0 Å². The van der Waals surface area contributed by atoms with Crippen molar-refractivity contribution in [1.29, 1.82) is 0 Å². The molecule has 0 spiro atoms. The first-order chi connectivity index (χ1) is 8.74. The SMILES string of the molecule is Clc1ccc(Cl)c(CNC2CCOC2C2CC2)c1. The summed E-state index contributed by atoms with van der Waals surface area (Å²) in [4.78, 5) is 0. The van der Waals surface area contributed by atoms with Gasteiger partial charge in [0.1, 0.15) is 0 Å². The predicted molar refractivity (Wildman–Crippen MR) is 74.2 cm³/mol. The first-order valence-corrected chi connectivity index (χ1v) is 7.28. The molecule has 0 amide bonds. The van der Waals surface area contributed by atoms with Crippen molar-refractivity contribution in [3.63, 3.8) is 0 Å². The fraction of sp³-hybridized carbons (Fsp3) is 0.571. The largest absolute Gasteiger partial charge is 0.376 e. The van der Waals surface area contributed by atoms with E-state index in [2.05, 4.69) is 5.32 Å². The summed E-state index contributed by atoms with van der Waals surface area (Å²) < 4.78 is 5.81. The molecule has 1 aromatic carbocycles. The maximum Gasteiger partial charge on any atom is 0.0757 e. The van der Waals surface area contributed by atoms with Crippen molar-refractivity contribution in [1.82, 2.24) is 5.32 Å². The summed E-state index contributed by atoms with van der Waals surface area (Å²) in [7, 11) is 0. The lowest BCUT2D eigenvalue weighted by molar-refractivity contribution is 0.0809. The average molecular weight is 286 g/mol. The fourth-order valence-electron chi connectivity index (χ4n) is 2.64. The molecule has 1 heterocycles. The van der Waals surface area contributed by atoms with Gasteiger partial charge in [-0.2, -0.15) is 0 Å². The number of nitrogens with one attached hydrogen (secondary N) is 1. The molecule has 0 aromatic heterocycles. The number of hydrogen-bond acceptors (Lipinski definition) is 2. The predicted octanol–water partition coefficient (Wildman–Crippen LogP) is 3.65. The Balaban J connectivity index is 1.61. The van der Waals surface area contributed by atoms with E-state index in [0.29, 0.717) is 12.1 Å². The standard InChI is InChI=1S/C14H17Cl2NO/c15-11-3-4-12(16)10(7-11)8-17-13-5-6-18-14(13)9-1-2-9/h3-4,7,9,13-14,17H,1-2,5-6,8H2. The van der Waals surface area contributed by atoms with Crippen molar-refractivity contribution < 1.29 is 4.74 Å². The second kappa shape index (κ2) is 5.38. The zero-order valence-corrected chi connectivity index (χ0v) is 11.7. The van der Waals surface area contributed by atoms with Crippen LogP contribution in [0.25, 0.3) is 0 Å². The Kier molecular flexibility index (Phi) is 3.81. The lowest BCUT2D eigenvalue weighted by Crippen LogP contribution is -2.37. The third-order valence-corrected chi connectivity index (χ3v) is 4.39. The summed E-state index contributed by atoms with van der Waals surface area (Å²) >= 11 is 12.2. The zero-order valence-electron chi connectivity index (χ0n) is 10.2. The van der Waals surface area contributed by atoms with Gasteiger partial charge in [-0.05, 0) is 48.9 Å². The van der Waals surface area contributed by atoms with Crippen molar-refractivity contribution in [2.24, 2.45) is 5.92 Å². The van der Waals surface area contributed by atoms with E-state index in [-0.39, 0.29) is 0 Å². The van der Waals surface area contributed by atoms with Crippen molar-refractivity contribution >= 4 is 23.2 Å². The van der Waals surface area contributed by atoms with E-state index in [9.17, 15) is 0 Å². The van der Waals surface area contributed by atoms with Crippen LogP contribution in [-0.2, 0) is 11.3 Å². The molecule has 1 N–H and O–H groups in total. The summed E-state index contributed by atoms with van der Waals surface area (Å²) in [6.07, 6.45) is 4.14. The maximum atomic E-state index is 6.16. The molecule has 3 rings (SSSR count). The number of halogens is 2. The Morgan fingerprint density at radius 2 is 2.06 bits per heavy atom. The maximum absolute atomic E-state index is 6.16. The molecule has 2 atom stereocenters. The van der Waals surface area contributed by atoms with Crippen LogP contribution in [0.1, 0.15) is 24.8 Å². The molecule has 98 valence electrons. The quantitative estimate of drug-likeness (QED) is 0.912. The van der Waals surface area contributed by atoms with Gasteiger partial charge in [0.2, 0.25) is 0 Å². The molecule has 2 unspecified atom stereocenters. The van der Waals surface area contributed by atoms with Crippen LogP contribution in [0.2, 0.25) is 10.0 Å². The molecule has 0 bridgehead atoms. The van der Waals surface area contributed by atoms with Crippen molar-refractivity contribution in [2.45, 2.75) is 38.0 Å². The average Bonchev–Trinajstić information content (AvgIpc) is 3.10. The van der Waals surface area contributed by atoms with Crippen molar-refractivity contribution in [2.75, 3.05) is 6.61 Å². The smallest absolute Gasteiger partial charge is 0.0757 e. The molecular weight excluding hydrogens is 269 g/mol. The van der Waals surface area contributed by atoms with Gasteiger partial charge >= 0.3 is 0 Å². The van der Waals surface area contributed by atoms with Gasteiger partial charge in [-0.15, -0.1) is 0 Å². The van der Waals surface area contributed by atoms with E-state index in [4.69, 9.17) is 27.9 Å². The molecule has 1 saturated carbocycles. The van der Waals surface area contributed by atoms with Gasteiger partial charge in [-0.3, -0.25) is 0 Å². The molecular formula is C14H17Cl2NO. The first kappa shape index (κ1) is 12.7. The van der Waals surface area contributed by atoms with Gasteiger partial charge in [-0.25, -0.2) is 0 Å². The van der Waals surface area contributed by atoms with Crippen LogP contribution < -0.4 is 5.32 Å². The zero-order chi connectivity index (χ0) is 12.5. The monoisotopic (exact) mass is 285 g/mol. The van der Waals surface area contributed by atoms with Crippen LogP contribution in [0.4, 0.5) is 0 Å². The molecule has 1 aliphatic heterocycles. The molecule has 18 heavy (non-hydrogen) atoms. The second-order valence-electron chi connectivity index (χ2n) is 5.18. The van der Waals surface area contributed by atoms with Crippen LogP contribution in [0.5, 0.6) is 0 Å². The number of rotatable bonds is 4. The first-order valence-electron chi connectivity index (χ1n) is 6.53. The Morgan fingerprint density at radius 3 is 2.83 bits per heavy atom. The lowest BCUT2D eigenvalue weighted by atomic mass is 10.1. The Morgan fingerprint density at radius 1 is 1.22 bits per heavy atom. The van der Waals surface area contributed by atoms with Crippen LogP contribution in [0.15, 0.2) is 18.2 Å². The molecule has 1 aliphatic carbocycles. The highest BCUT2D eigenvalue weighted by molar-refractivity contribution is 6.33. The van der Waals surface area contributed by atoms with E-state index < -0.39 is 0 Å². The normalized spacial score (nSPS) is 27.7. The summed E-state index contributed by atoms with van der Waals surface area (Å²) in [6.45, 7) is 1.64. The van der Waals surface area contributed by atoms with Crippen LogP contribution in [-0.4, -0.2) is 18.8 Å². The highest BCUT2D eigenvalue weighted by atomic mass is 35.5. The van der Waals surface area contributed by atoms with Gasteiger partial charge in [0.05, 0.1) is 6.10 Å². The topological polar surface area (TPSA) is 21.3 Å². The highest BCUT2D eigenvalue weighted by Gasteiger charge is 2.40. The highest BCUT2D eigenvalue weighted by Crippen LogP contribution is 2.38. The Labute approximate surface area is 118 Å². The molecule has 2 fully saturated rings. The van der Waals surface area contributed by atoms with Gasteiger partial charge < -0.3 is 10.1 Å². The molecule has 4 heteroatoms. The van der Waals surface area contributed by atoms with Gasteiger partial charge in [-0.1, -0.05) is 23.2 Å². The van der Waals surface area contributed by atoms with E-state index in [1.807, 2.05) is 18.2 Å². The minimum atomic E-state index is 0.406. The Hall–Kier alpha value is -0.280. The van der Waals surface area contributed by atoms with Crippen molar-refractivity contribution in [3.05, 3.63) is 33.8 Å². The fourth-order valence-corrected chi connectivity index (χ4v) is 3.02. The third-order valence-electron chi connectivity index (χ3n) is 3.78. The van der Waals surface area contributed by atoms with Crippen LogP contribution >= 0.6 is 23.2 Å². The number of benzene rings is 1. The van der Waals surface area contributed by atoms with Gasteiger partial charge in [0.15, 0.2) is 0 Å². The Bertz CT molecular complexity index is 434. The number of hydrogen-bond donors (Lipinski definition) is 1. The third kappa shape index (κ3) is 2.83. The molecule has 2 aliphatic rings. The summed E-state index contributed by atoms with van der Waals surface area (Å²) in [5, 5.41) is 5.08. The number of ether oxygens (including phenoxy) is 1. The summed E-state index contributed by atoms with van der Waals surface area (Å²) in [5.74, 6) is 0.778. The minimum Gasteiger partial charge on any atom is -0.376 e. The van der Waals surface area contributed by atoms with E-state index in [0.717, 1.165) is 41.1 Å². The molecule has 2 nitrogen and oxygen atoms in total.